The van der Waals surface area contributed by atoms with Crippen LogP contribution in [-0.2, 0) is 0 Å². The molecule has 0 N–H and O–H groups in total. The van der Waals surface area contributed by atoms with E-state index in [-0.39, 0.29) is 0 Å². The third-order valence-corrected chi connectivity index (χ3v) is 14.1. The highest BCUT2D eigenvalue weighted by Gasteiger charge is 2.49. The molecule has 6 aromatic rings. The summed E-state index contributed by atoms with van der Waals surface area (Å²) >= 11 is 0. The first-order valence-corrected chi connectivity index (χ1v) is 19.7. The van der Waals surface area contributed by atoms with E-state index in [9.17, 15) is 0 Å². The zero-order valence-corrected chi connectivity index (χ0v) is 29.1. The average molecular weight is 669 g/mol. The molecule has 13 rings (SSSR count). The van der Waals surface area contributed by atoms with Crippen LogP contribution in [0.2, 0.25) is 0 Å². The fourth-order valence-corrected chi connectivity index (χ4v) is 12.3. The van der Waals surface area contributed by atoms with Gasteiger partial charge in [0.15, 0.2) is 11.6 Å². The largest absolute Gasteiger partial charge is 0.366 e. The topological polar surface area (TPSA) is 50.1 Å². The van der Waals surface area contributed by atoms with Crippen LogP contribution in [0.5, 0.6) is 0 Å². The first-order chi connectivity index (χ1) is 25.2. The van der Waals surface area contributed by atoms with Gasteiger partial charge in [0.25, 0.3) is 0 Å². The highest BCUT2D eigenvalue weighted by Crippen LogP contribution is 2.53. The summed E-state index contributed by atoms with van der Waals surface area (Å²) in [5, 5.41) is 2.49. The first-order valence-electron chi connectivity index (χ1n) is 19.7. The zero-order valence-electron chi connectivity index (χ0n) is 29.1. The van der Waals surface area contributed by atoms with Crippen LogP contribution in [0.15, 0.2) is 97.1 Å². The number of aromatic nitrogens is 4. The van der Waals surface area contributed by atoms with E-state index in [4.69, 9.17) is 15.0 Å². The second-order valence-electron chi connectivity index (χ2n) is 16.9. The number of anilines is 2. The molecular formula is C45H44N6. The molecule has 254 valence electrons. The minimum atomic E-state index is 0.661. The van der Waals surface area contributed by atoms with Crippen molar-refractivity contribution in [1.29, 1.82) is 0 Å². The highest BCUT2D eigenvalue weighted by molar-refractivity contribution is 6.09. The molecule has 4 atom stereocenters. The lowest BCUT2D eigenvalue weighted by Gasteiger charge is -2.57. The Morgan fingerprint density at radius 2 is 1.10 bits per heavy atom. The zero-order chi connectivity index (χ0) is 33.2. The van der Waals surface area contributed by atoms with Crippen molar-refractivity contribution in [3.05, 3.63) is 97.1 Å². The molecular weight excluding hydrogens is 625 g/mol. The second-order valence-corrected chi connectivity index (χ2v) is 16.9. The number of hydrogen-bond acceptors (Lipinski definition) is 5. The monoisotopic (exact) mass is 668 g/mol. The Hall–Kier alpha value is -4.71. The van der Waals surface area contributed by atoms with Gasteiger partial charge in [0.1, 0.15) is 0 Å². The molecule has 7 aliphatic rings. The number of rotatable bonds is 5. The quantitative estimate of drug-likeness (QED) is 0.183. The van der Waals surface area contributed by atoms with Crippen molar-refractivity contribution in [3.63, 3.8) is 0 Å². The van der Waals surface area contributed by atoms with Crippen molar-refractivity contribution in [3.8, 4) is 28.7 Å². The van der Waals surface area contributed by atoms with Crippen molar-refractivity contribution in [2.75, 3.05) is 9.80 Å². The summed E-state index contributed by atoms with van der Waals surface area (Å²) in [5.41, 5.74) is 7.06. The van der Waals surface area contributed by atoms with E-state index in [0.717, 1.165) is 46.1 Å². The summed E-state index contributed by atoms with van der Waals surface area (Å²) in [6.07, 6.45) is 13.7. The van der Waals surface area contributed by atoms with Gasteiger partial charge in [-0.2, -0.15) is 9.97 Å². The molecule has 51 heavy (non-hydrogen) atoms. The first kappa shape index (κ1) is 28.9. The Labute approximate surface area is 299 Å². The predicted octanol–water partition coefficient (Wildman–Crippen LogP) is 9.84. The maximum Gasteiger partial charge on any atom is 0.238 e. The molecule has 0 spiro atoms. The van der Waals surface area contributed by atoms with Gasteiger partial charge in [0.2, 0.25) is 5.95 Å². The van der Waals surface area contributed by atoms with Crippen LogP contribution in [0.25, 0.3) is 50.5 Å². The maximum absolute atomic E-state index is 5.38. The average Bonchev–Trinajstić information content (AvgIpc) is 3.63. The fraction of sp³-hybridized carbons (Fsp3) is 0.400. The molecule has 4 unspecified atom stereocenters. The van der Waals surface area contributed by atoms with Gasteiger partial charge in [-0.05, 0) is 118 Å². The fourth-order valence-electron chi connectivity index (χ4n) is 12.3. The maximum atomic E-state index is 5.38. The summed E-state index contributed by atoms with van der Waals surface area (Å²) in [6, 6.07) is 38.2. The molecule has 3 aliphatic heterocycles. The van der Waals surface area contributed by atoms with Gasteiger partial charge in [0.05, 0.1) is 11.0 Å². The van der Waals surface area contributed by atoms with Crippen LogP contribution in [0.3, 0.4) is 0 Å². The second kappa shape index (κ2) is 10.9. The van der Waals surface area contributed by atoms with E-state index >= 15 is 0 Å². The number of fused-ring (bicyclic) bond motifs is 5. The van der Waals surface area contributed by atoms with Crippen molar-refractivity contribution < 1.29 is 0 Å². The molecule has 7 fully saturated rings. The van der Waals surface area contributed by atoms with Crippen molar-refractivity contribution in [1.82, 2.24) is 19.5 Å². The lowest BCUT2D eigenvalue weighted by Crippen LogP contribution is -2.58. The Balaban J connectivity index is 1.03. The normalized spacial score (nSPS) is 30.3. The van der Waals surface area contributed by atoms with Gasteiger partial charge in [0, 0.05) is 57.4 Å². The van der Waals surface area contributed by atoms with Crippen molar-refractivity contribution >= 4 is 33.2 Å². The molecule has 6 nitrogen and oxygen atoms in total. The van der Waals surface area contributed by atoms with Gasteiger partial charge in [-0.15, -0.1) is 0 Å². The molecule has 4 aromatic carbocycles. The highest BCUT2D eigenvalue weighted by atomic mass is 15.2. The smallest absolute Gasteiger partial charge is 0.238 e. The van der Waals surface area contributed by atoms with Gasteiger partial charge >= 0.3 is 0 Å². The third kappa shape index (κ3) is 4.44. The standard InChI is InChI=1S/C45H44N6/c1-2-7-29(8-3-1)43-46-44(31-9-6-10-33(23-31)50-36-18-27-17-28(20-36)21-37(50)19-27)48-45(47-43)51-41-12-5-4-11-39(41)40-16-15-35(26-42(40)51)49-34-14-13-30-22-38(49)25-32(30)24-34/h1-12,15-16,23,26-28,30,32,34,36-38H,13-14,17-22,24-25H2. The Morgan fingerprint density at radius 3 is 1.94 bits per heavy atom. The minimum absolute atomic E-state index is 0.661. The van der Waals surface area contributed by atoms with Crippen LogP contribution in [0, 0.1) is 23.7 Å². The SMILES string of the molecule is c1ccc(-c2nc(-c3cccc(N4C5CC6CC(C5)CC4C6)c3)nc(-n3c4ccccc4c4ccc(N5C6CCC7CC5CC7C6)cc43)n2)cc1. The molecule has 4 saturated carbocycles. The Bertz CT molecular complexity index is 2290. The molecule has 0 radical (unpaired) electrons. The predicted molar refractivity (Wildman–Crippen MR) is 205 cm³/mol. The molecule has 3 saturated heterocycles. The summed E-state index contributed by atoms with van der Waals surface area (Å²) in [7, 11) is 0. The Kier molecular flexibility index (Phi) is 6.18. The summed E-state index contributed by atoms with van der Waals surface area (Å²) in [4.78, 5) is 21.4. The van der Waals surface area contributed by atoms with E-state index in [1.165, 1.54) is 91.9 Å². The van der Waals surface area contributed by atoms with E-state index in [1.807, 2.05) is 0 Å². The van der Waals surface area contributed by atoms with Gasteiger partial charge < -0.3 is 9.80 Å². The van der Waals surface area contributed by atoms with Crippen LogP contribution in [-0.4, -0.2) is 43.7 Å². The number of hydrogen-bond donors (Lipinski definition) is 0. The molecule has 0 amide bonds. The van der Waals surface area contributed by atoms with Crippen LogP contribution in [0.4, 0.5) is 11.4 Å². The van der Waals surface area contributed by atoms with Gasteiger partial charge in [-0.3, -0.25) is 4.57 Å². The van der Waals surface area contributed by atoms with Crippen LogP contribution < -0.4 is 9.80 Å². The van der Waals surface area contributed by atoms with Gasteiger partial charge in [-0.1, -0.05) is 66.7 Å². The number of nitrogens with zero attached hydrogens (tertiary/aromatic N) is 6. The molecule has 7 bridgehead atoms. The van der Waals surface area contributed by atoms with E-state index < -0.39 is 0 Å². The Morgan fingerprint density at radius 1 is 0.451 bits per heavy atom. The molecule has 5 heterocycles. The van der Waals surface area contributed by atoms with E-state index in [1.54, 1.807) is 0 Å². The van der Waals surface area contributed by atoms with E-state index in [2.05, 4.69) is 111 Å². The van der Waals surface area contributed by atoms with Crippen molar-refractivity contribution in [2.24, 2.45) is 23.7 Å². The molecule has 4 aliphatic carbocycles. The summed E-state index contributed by atoms with van der Waals surface area (Å²) in [6.45, 7) is 0. The minimum Gasteiger partial charge on any atom is -0.366 e. The lowest BCUT2D eigenvalue weighted by atomic mass is 9.63. The molecule has 6 heteroatoms. The number of para-hydroxylation sites is 1. The molecule has 2 aromatic heterocycles. The lowest BCUT2D eigenvalue weighted by molar-refractivity contribution is 0.0900. The third-order valence-electron chi connectivity index (χ3n) is 14.1. The number of benzene rings is 4. The van der Waals surface area contributed by atoms with Gasteiger partial charge in [-0.25, -0.2) is 4.98 Å². The number of piperidine rings is 3. The summed E-state index contributed by atoms with van der Waals surface area (Å²) in [5.74, 6) is 5.87. The summed E-state index contributed by atoms with van der Waals surface area (Å²) < 4.78 is 2.32. The van der Waals surface area contributed by atoms with Crippen molar-refractivity contribution in [2.45, 2.75) is 88.4 Å². The van der Waals surface area contributed by atoms with E-state index in [0.29, 0.717) is 35.9 Å². The van der Waals surface area contributed by atoms with Crippen LogP contribution in [0.1, 0.15) is 64.2 Å². The van der Waals surface area contributed by atoms with Crippen LogP contribution >= 0.6 is 0 Å².